The number of aryl methyl sites for hydroxylation is 3. The molecule has 1 aromatic carbocycles. The number of pyridine rings is 1. The molecule has 26 heavy (non-hydrogen) atoms. The van der Waals surface area contributed by atoms with Gasteiger partial charge in [0, 0.05) is 37.9 Å². The van der Waals surface area contributed by atoms with Crippen molar-refractivity contribution in [3.63, 3.8) is 0 Å². The van der Waals surface area contributed by atoms with Crippen LogP contribution in [-0.4, -0.2) is 38.6 Å². The molecule has 1 aliphatic heterocycles. The van der Waals surface area contributed by atoms with Crippen LogP contribution >= 0.6 is 0 Å². The molecule has 1 atom stereocenters. The molecule has 6 nitrogen and oxygen atoms in total. The summed E-state index contributed by atoms with van der Waals surface area (Å²) in [6.45, 7) is 5.45. The van der Waals surface area contributed by atoms with Crippen molar-refractivity contribution in [3.05, 3.63) is 53.5 Å². The van der Waals surface area contributed by atoms with E-state index in [0.717, 1.165) is 46.8 Å². The fourth-order valence-electron chi connectivity index (χ4n) is 3.63. The fraction of sp³-hybridized carbons (Fsp3) is 0.350. The Hall–Kier alpha value is -2.89. The molecule has 1 fully saturated rings. The van der Waals surface area contributed by atoms with E-state index < -0.39 is 0 Å². The number of hydrogen-bond donors (Lipinski definition) is 1. The minimum absolute atomic E-state index is 0.0434. The summed E-state index contributed by atoms with van der Waals surface area (Å²) in [6, 6.07) is 9.93. The normalized spacial score (nSPS) is 17.0. The molecule has 1 saturated heterocycles. The number of carbonyl (C=O) groups excluding carboxylic acids is 1. The zero-order valence-electron chi connectivity index (χ0n) is 15.4. The van der Waals surface area contributed by atoms with Crippen LogP contribution < -0.4 is 5.32 Å². The van der Waals surface area contributed by atoms with E-state index in [2.05, 4.69) is 16.4 Å². The third-order valence-electron chi connectivity index (χ3n) is 5.14. The molecule has 2 amide bonds. The average molecular weight is 349 g/mol. The third kappa shape index (κ3) is 2.92. The van der Waals surface area contributed by atoms with E-state index in [9.17, 15) is 4.79 Å². The van der Waals surface area contributed by atoms with Gasteiger partial charge in [0.2, 0.25) is 0 Å². The minimum atomic E-state index is -0.0434. The van der Waals surface area contributed by atoms with Crippen molar-refractivity contribution in [1.29, 1.82) is 0 Å². The smallest absolute Gasteiger partial charge is 0.321 e. The van der Waals surface area contributed by atoms with Crippen LogP contribution in [0, 0.1) is 13.8 Å². The Labute approximate surface area is 152 Å². The Morgan fingerprint density at radius 2 is 2.12 bits per heavy atom. The van der Waals surface area contributed by atoms with E-state index in [1.54, 1.807) is 6.20 Å². The van der Waals surface area contributed by atoms with Crippen molar-refractivity contribution in [2.75, 3.05) is 18.4 Å². The predicted octanol–water partition coefficient (Wildman–Crippen LogP) is 3.61. The summed E-state index contributed by atoms with van der Waals surface area (Å²) < 4.78 is 2.05. The van der Waals surface area contributed by atoms with Gasteiger partial charge in [-0.05, 0) is 49.6 Å². The van der Waals surface area contributed by atoms with Crippen molar-refractivity contribution < 1.29 is 4.79 Å². The van der Waals surface area contributed by atoms with Gasteiger partial charge in [-0.1, -0.05) is 12.1 Å². The first-order valence-electron chi connectivity index (χ1n) is 8.93. The molecule has 1 N–H and O–H groups in total. The molecule has 0 spiro atoms. The molecular weight excluding hydrogens is 326 g/mol. The van der Waals surface area contributed by atoms with Crippen LogP contribution in [0.25, 0.3) is 11.2 Å². The summed E-state index contributed by atoms with van der Waals surface area (Å²) in [5.41, 5.74) is 4.88. The van der Waals surface area contributed by atoms with Crippen LogP contribution in [0.1, 0.15) is 29.3 Å². The average Bonchev–Trinajstić information content (AvgIpc) is 3.24. The maximum Gasteiger partial charge on any atom is 0.321 e. The van der Waals surface area contributed by atoms with Crippen LogP contribution in [-0.2, 0) is 7.05 Å². The zero-order valence-corrected chi connectivity index (χ0v) is 15.4. The Balaban J connectivity index is 1.50. The number of carbonyl (C=O) groups is 1. The molecule has 134 valence electrons. The second-order valence-corrected chi connectivity index (χ2v) is 7.06. The molecule has 1 unspecified atom stereocenters. The SMILES string of the molecule is Cc1ccc(C)c(NC(=O)N2CCC(c3nc4cccnc4n3C)C2)c1. The van der Waals surface area contributed by atoms with E-state index in [0.29, 0.717) is 6.54 Å². The lowest BCUT2D eigenvalue weighted by atomic mass is 10.1. The van der Waals surface area contributed by atoms with Crippen LogP contribution in [0.2, 0.25) is 0 Å². The number of nitrogens with zero attached hydrogens (tertiary/aromatic N) is 4. The largest absolute Gasteiger partial charge is 0.324 e. The number of aromatic nitrogens is 3. The number of hydrogen-bond acceptors (Lipinski definition) is 3. The van der Waals surface area contributed by atoms with Crippen LogP contribution in [0.15, 0.2) is 36.5 Å². The number of imidazole rings is 1. The van der Waals surface area contributed by atoms with Gasteiger partial charge in [0.15, 0.2) is 5.65 Å². The second-order valence-electron chi connectivity index (χ2n) is 7.06. The molecule has 0 radical (unpaired) electrons. The highest BCUT2D eigenvalue weighted by Gasteiger charge is 2.30. The maximum atomic E-state index is 12.7. The highest BCUT2D eigenvalue weighted by Crippen LogP contribution is 2.29. The van der Waals surface area contributed by atoms with Crippen LogP contribution in [0.3, 0.4) is 0 Å². The van der Waals surface area contributed by atoms with Gasteiger partial charge in [-0.15, -0.1) is 0 Å². The lowest BCUT2D eigenvalue weighted by Gasteiger charge is -2.18. The highest BCUT2D eigenvalue weighted by atomic mass is 16.2. The predicted molar refractivity (Wildman–Crippen MR) is 102 cm³/mol. The van der Waals surface area contributed by atoms with Gasteiger partial charge < -0.3 is 14.8 Å². The summed E-state index contributed by atoms with van der Waals surface area (Å²) >= 11 is 0. The van der Waals surface area contributed by atoms with Gasteiger partial charge in [-0.25, -0.2) is 14.8 Å². The lowest BCUT2D eigenvalue weighted by molar-refractivity contribution is 0.222. The molecule has 3 heterocycles. The first-order valence-corrected chi connectivity index (χ1v) is 8.93. The van der Waals surface area contributed by atoms with Crippen molar-refractivity contribution in [3.8, 4) is 0 Å². The van der Waals surface area contributed by atoms with Crippen molar-refractivity contribution in [1.82, 2.24) is 19.4 Å². The van der Waals surface area contributed by atoms with E-state index in [1.165, 1.54) is 0 Å². The Bertz CT molecular complexity index is 977. The molecule has 0 aliphatic carbocycles. The van der Waals surface area contributed by atoms with E-state index in [4.69, 9.17) is 4.98 Å². The van der Waals surface area contributed by atoms with Crippen molar-refractivity contribution in [2.24, 2.45) is 7.05 Å². The monoisotopic (exact) mass is 349 g/mol. The standard InChI is InChI=1S/C20H23N5O/c1-13-6-7-14(2)17(11-13)23-20(26)25-10-8-15(12-25)18-22-16-5-4-9-21-19(16)24(18)3/h4-7,9,11,15H,8,10,12H2,1-3H3,(H,23,26). The Kier molecular flexibility index (Phi) is 4.11. The molecule has 0 bridgehead atoms. The summed E-state index contributed by atoms with van der Waals surface area (Å²) in [7, 11) is 2.00. The molecule has 1 aliphatic rings. The molecule has 2 aromatic heterocycles. The van der Waals surface area contributed by atoms with Crippen molar-refractivity contribution >= 4 is 22.9 Å². The van der Waals surface area contributed by atoms with E-state index in [1.807, 2.05) is 54.6 Å². The number of anilines is 1. The molecule has 3 aromatic rings. The van der Waals surface area contributed by atoms with Gasteiger partial charge in [0.1, 0.15) is 11.3 Å². The van der Waals surface area contributed by atoms with Gasteiger partial charge in [-0.3, -0.25) is 0 Å². The van der Waals surface area contributed by atoms with Crippen molar-refractivity contribution in [2.45, 2.75) is 26.2 Å². The van der Waals surface area contributed by atoms with E-state index >= 15 is 0 Å². The van der Waals surface area contributed by atoms with Crippen LogP contribution in [0.5, 0.6) is 0 Å². The highest BCUT2D eigenvalue weighted by molar-refractivity contribution is 5.90. The second kappa shape index (κ2) is 6.44. The molecule has 4 rings (SSSR count). The topological polar surface area (TPSA) is 63.1 Å². The molecular formula is C20H23N5O. The number of rotatable bonds is 2. The van der Waals surface area contributed by atoms with E-state index in [-0.39, 0.29) is 11.9 Å². The number of urea groups is 1. The quantitative estimate of drug-likeness (QED) is 0.769. The Morgan fingerprint density at radius 3 is 2.92 bits per heavy atom. The number of fused-ring (bicyclic) bond motifs is 1. The zero-order chi connectivity index (χ0) is 18.3. The number of nitrogens with one attached hydrogen (secondary N) is 1. The summed E-state index contributed by atoms with van der Waals surface area (Å²) in [5.74, 6) is 1.24. The number of benzene rings is 1. The summed E-state index contributed by atoms with van der Waals surface area (Å²) in [6.07, 6.45) is 2.70. The number of amides is 2. The maximum absolute atomic E-state index is 12.7. The first-order chi connectivity index (χ1) is 12.5. The van der Waals surface area contributed by atoms with Gasteiger partial charge in [0.25, 0.3) is 0 Å². The first kappa shape index (κ1) is 16.6. The van der Waals surface area contributed by atoms with Gasteiger partial charge in [-0.2, -0.15) is 0 Å². The Morgan fingerprint density at radius 1 is 1.27 bits per heavy atom. The molecule has 6 heteroatoms. The molecule has 0 saturated carbocycles. The number of likely N-dealkylation sites (tertiary alicyclic amines) is 1. The lowest BCUT2D eigenvalue weighted by Crippen LogP contribution is -2.33. The van der Waals surface area contributed by atoms with Gasteiger partial charge >= 0.3 is 6.03 Å². The van der Waals surface area contributed by atoms with Crippen LogP contribution in [0.4, 0.5) is 10.5 Å². The fourth-order valence-corrected chi connectivity index (χ4v) is 3.63. The third-order valence-corrected chi connectivity index (χ3v) is 5.14. The summed E-state index contributed by atoms with van der Waals surface area (Å²) in [4.78, 5) is 23.7. The van der Waals surface area contributed by atoms with Gasteiger partial charge in [0.05, 0.1) is 0 Å². The minimum Gasteiger partial charge on any atom is -0.324 e. The summed E-state index contributed by atoms with van der Waals surface area (Å²) in [5, 5.41) is 3.05.